The van der Waals surface area contributed by atoms with Gasteiger partial charge in [-0.15, -0.1) is 10.2 Å². The van der Waals surface area contributed by atoms with E-state index in [1.165, 1.54) is 0 Å². The van der Waals surface area contributed by atoms with E-state index in [-0.39, 0.29) is 0 Å². The van der Waals surface area contributed by atoms with E-state index >= 15 is 0 Å². The van der Waals surface area contributed by atoms with Crippen molar-refractivity contribution in [3.63, 3.8) is 0 Å². The molecule has 2 N–H and O–H groups in total. The van der Waals surface area contributed by atoms with Crippen LogP contribution in [-0.4, -0.2) is 42.2 Å². The molecule has 0 atom stereocenters. The maximum atomic E-state index is 11.5. The molecule has 0 spiro atoms. The van der Waals surface area contributed by atoms with Gasteiger partial charge in [-0.1, -0.05) is 0 Å². The third-order valence-electron chi connectivity index (χ3n) is 1.91. The quantitative estimate of drug-likeness (QED) is 0.793. The number of amides is 1. The zero-order valence-corrected chi connectivity index (χ0v) is 11.7. The SMILES string of the molecule is COCCNc1ccc(NC(=O)OC(C)(C)C)nn1. The summed E-state index contributed by atoms with van der Waals surface area (Å²) in [4.78, 5) is 11.5. The Morgan fingerprint density at radius 3 is 2.42 bits per heavy atom. The van der Waals surface area contributed by atoms with Crippen molar-refractivity contribution in [1.82, 2.24) is 10.2 Å². The molecule has 1 heterocycles. The van der Waals surface area contributed by atoms with Gasteiger partial charge in [-0.2, -0.15) is 0 Å². The van der Waals surface area contributed by atoms with Crippen molar-refractivity contribution in [3.05, 3.63) is 12.1 Å². The number of aromatic nitrogens is 2. The number of nitrogens with zero attached hydrogens (tertiary/aromatic N) is 2. The average Bonchev–Trinajstić information content (AvgIpc) is 2.29. The Kier molecular flexibility index (Phi) is 5.50. The third-order valence-corrected chi connectivity index (χ3v) is 1.91. The van der Waals surface area contributed by atoms with Crippen LogP contribution < -0.4 is 10.6 Å². The van der Waals surface area contributed by atoms with E-state index in [4.69, 9.17) is 9.47 Å². The molecule has 0 aliphatic rings. The van der Waals surface area contributed by atoms with E-state index in [0.29, 0.717) is 24.8 Å². The van der Waals surface area contributed by atoms with Crippen LogP contribution in [0.15, 0.2) is 12.1 Å². The first-order valence-electron chi connectivity index (χ1n) is 5.97. The minimum Gasteiger partial charge on any atom is -0.444 e. The maximum Gasteiger partial charge on any atom is 0.413 e. The van der Waals surface area contributed by atoms with Crippen LogP contribution in [0.25, 0.3) is 0 Å². The van der Waals surface area contributed by atoms with E-state index in [1.807, 2.05) is 0 Å². The molecule has 7 heteroatoms. The summed E-state index contributed by atoms with van der Waals surface area (Å²) in [6, 6.07) is 3.36. The van der Waals surface area contributed by atoms with Gasteiger partial charge in [-0.3, -0.25) is 5.32 Å². The maximum absolute atomic E-state index is 11.5. The first-order chi connectivity index (χ1) is 8.90. The fourth-order valence-corrected chi connectivity index (χ4v) is 1.18. The number of rotatable bonds is 5. The van der Waals surface area contributed by atoms with Gasteiger partial charge in [0, 0.05) is 13.7 Å². The molecule has 0 fully saturated rings. The monoisotopic (exact) mass is 268 g/mol. The van der Waals surface area contributed by atoms with Crippen LogP contribution in [0.4, 0.5) is 16.4 Å². The van der Waals surface area contributed by atoms with Gasteiger partial charge in [0.05, 0.1) is 6.61 Å². The zero-order chi connectivity index (χ0) is 14.3. The summed E-state index contributed by atoms with van der Waals surface area (Å²) in [5, 5.41) is 13.3. The summed E-state index contributed by atoms with van der Waals surface area (Å²) in [5.41, 5.74) is -0.542. The predicted octanol–water partition coefficient (Wildman–Crippen LogP) is 1.88. The normalized spacial score (nSPS) is 10.9. The Balaban J connectivity index is 2.45. The van der Waals surface area contributed by atoms with Crippen LogP contribution in [-0.2, 0) is 9.47 Å². The van der Waals surface area contributed by atoms with E-state index in [9.17, 15) is 4.79 Å². The smallest absolute Gasteiger partial charge is 0.413 e. The lowest BCUT2D eigenvalue weighted by molar-refractivity contribution is 0.0635. The Hall–Kier alpha value is -1.89. The van der Waals surface area contributed by atoms with Crippen LogP contribution in [0.5, 0.6) is 0 Å². The number of methoxy groups -OCH3 is 1. The van der Waals surface area contributed by atoms with E-state index in [2.05, 4.69) is 20.8 Å². The Morgan fingerprint density at radius 2 is 1.89 bits per heavy atom. The lowest BCUT2D eigenvalue weighted by atomic mass is 10.2. The Labute approximate surface area is 112 Å². The highest BCUT2D eigenvalue weighted by molar-refractivity contribution is 5.83. The molecule has 1 amide bonds. The lowest BCUT2D eigenvalue weighted by Gasteiger charge is -2.19. The molecule has 1 aromatic rings. The summed E-state index contributed by atoms with van der Waals surface area (Å²) >= 11 is 0. The first-order valence-corrected chi connectivity index (χ1v) is 5.97. The summed E-state index contributed by atoms with van der Waals surface area (Å²) in [5.74, 6) is 0.957. The molecule has 0 aliphatic carbocycles. The van der Waals surface area contributed by atoms with Crippen molar-refractivity contribution in [2.24, 2.45) is 0 Å². The van der Waals surface area contributed by atoms with Crippen molar-refractivity contribution < 1.29 is 14.3 Å². The number of carbonyl (C=O) groups excluding carboxylic acids is 1. The van der Waals surface area contributed by atoms with Crippen LogP contribution >= 0.6 is 0 Å². The molecule has 1 rings (SSSR count). The van der Waals surface area contributed by atoms with Crippen LogP contribution in [0, 0.1) is 0 Å². The number of hydrogen-bond donors (Lipinski definition) is 2. The molecule has 7 nitrogen and oxygen atoms in total. The molecular weight excluding hydrogens is 248 g/mol. The van der Waals surface area contributed by atoms with Crippen molar-refractivity contribution in [3.8, 4) is 0 Å². The number of nitrogens with one attached hydrogen (secondary N) is 2. The molecule has 106 valence electrons. The molecule has 0 saturated heterocycles. The molecule has 19 heavy (non-hydrogen) atoms. The second-order valence-corrected chi connectivity index (χ2v) is 4.85. The van der Waals surface area contributed by atoms with E-state index in [0.717, 1.165) is 0 Å². The lowest BCUT2D eigenvalue weighted by Crippen LogP contribution is -2.27. The Bertz CT molecular complexity index is 400. The highest BCUT2D eigenvalue weighted by Gasteiger charge is 2.16. The second kappa shape index (κ2) is 6.89. The topological polar surface area (TPSA) is 85.4 Å². The number of hydrogen-bond acceptors (Lipinski definition) is 6. The largest absolute Gasteiger partial charge is 0.444 e. The van der Waals surface area contributed by atoms with Crippen molar-refractivity contribution in [2.45, 2.75) is 26.4 Å². The molecule has 0 saturated carbocycles. The second-order valence-electron chi connectivity index (χ2n) is 4.85. The number of carbonyl (C=O) groups is 1. The summed E-state index contributed by atoms with van der Waals surface area (Å²) in [6.07, 6.45) is -0.554. The minimum atomic E-state index is -0.554. The van der Waals surface area contributed by atoms with E-state index in [1.54, 1.807) is 40.0 Å². The first kappa shape index (κ1) is 15.2. The highest BCUT2D eigenvalue weighted by atomic mass is 16.6. The molecule has 0 unspecified atom stereocenters. The fraction of sp³-hybridized carbons (Fsp3) is 0.583. The van der Waals surface area contributed by atoms with E-state index < -0.39 is 11.7 Å². The molecule has 1 aromatic heterocycles. The van der Waals surface area contributed by atoms with Crippen molar-refractivity contribution in [1.29, 1.82) is 0 Å². The van der Waals surface area contributed by atoms with Gasteiger partial charge >= 0.3 is 6.09 Å². The summed E-state index contributed by atoms with van der Waals surface area (Å²) in [7, 11) is 1.63. The summed E-state index contributed by atoms with van der Waals surface area (Å²) in [6.45, 7) is 6.60. The molecule has 0 bridgehead atoms. The number of ether oxygens (including phenoxy) is 2. The summed E-state index contributed by atoms with van der Waals surface area (Å²) < 4.78 is 10.0. The fourth-order valence-electron chi connectivity index (χ4n) is 1.18. The molecule has 0 aliphatic heterocycles. The zero-order valence-electron chi connectivity index (χ0n) is 11.7. The number of anilines is 2. The van der Waals surface area contributed by atoms with Gasteiger partial charge in [0.1, 0.15) is 11.4 Å². The van der Waals surface area contributed by atoms with Crippen LogP contribution in [0.2, 0.25) is 0 Å². The molecule has 0 aromatic carbocycles. The predicted molar refractivity (Wildman–Crippen MR) is 72.3 cm³/mol. The third kappa shape index (κ3) is 6.56. The van der Waals surface area contributed by atoms with Gasteiger partial charge in [0.25, 0.3) is 0 Å². The minimum absolute atomic E-state index is 0.339. The van der Waals surface area contributed by atoms with Gasteiger partial charge in [0.2, 0.25) is 0 Å². The van der Waals surface area contributed by atoms with Crippen molar-refractivity contribution in [2.75, 3.05) is 30.9 Å². The highest BCUT2D eigenvalue weighted by Crippen LogP contribution is 2.10. The van der Waals surface area contributed by atoms with Crippen molar-refractivity contribution >= 4 is 17.7 Å². The van der Waals surface area contributed by atoms with Gasteiger partial charge < -0.3 is 14.8 Å². The van der Waals surface area contributed by atoms with Gasteiger partial charge in [-0.25, -0.2) is 4.79 Å². The average molecular weight is 268 g/mol. The standard InChI is InChI=1S/C12H20N4O3/c1-12(2,3)19-11(17)14-10-6-5-9(15-16-10)13-7-8-18-4/h5-6H,7-8H2,1-4H3,(H,13,15)(H,14,16,17). The Morgan fingerprint density at radius 1 is 1.26 bits per heavy atom. The van der Waals surface area contributed by atoms with Gasteiger partial charge in [0.15, 0.2) is 5.82 Å². The molecular formula is C12H20N4O3. The van der Waals surface area contributed by atoms with Crippen LogP contribution in [0.1, 0.15) is 20.8 Å². The van der Waals surface area contributed by atoms with Crippen LogP contribution in [0.3, 0.4) is 0 Å². The van der Waals surface area contributed by atoms with Gasteiger partial charge in [-0.05, 0) is 32.9 Å². The molecule has 0 radical (unpaired) electrons.